The average molecular weight is 364 g/mol. The summed E-state index contributed by atoms with van der Waals surface area (Å²) >= 11 is 0. The Bertz CT molecular complexity index is 778. The maximum absolute atomic E-state index is 13.1. The lowest BCUT2D eigenvalue weighted by Crippen LogP contribution is -2.51. The number of aryl methyl sites for hydroxylation is 2. The highest BCUT2D eigenvalue weighted by atomic mass is 16.2. The normalized spacial score (nSPS) is 14.5. The number of carbonyl (C=O) groups excluding carboxylic acids is 2. The van der Waals surface area contributed by atoms with Crippen LogP contribution < -0.4 is 0 Å². The van der Waals surface area contributed by atoms with Crippen LogP contribution in [0.15, 0.2) is 54.6 Å². The average Bonchev–Trinajstić information content (AvgIpc) is 2.72. The van der Waals surface area contributed by atoms with Crippen molar-refractivity contribution >= 4 is 11.8 Å². The predicted molar refractivity (Wildman–Crippen MR) is 108 cm³/mol. The van der Waals surface area contributed by atoms with Crippen molar-refractivity contribution < 1.29 is 9.59 Å². The third kappa shape index (κ3) is 4.76. The van der Waals surface area contributed by atoms with Gasteiger partial charge in [-0.05, 0) is 30.0 Å². The Balaban J connectivity index is 1.64. The topological polar surface area (TPSA) is 40.6 Å². The fourth-order valence-electron chi connectivity index (χ4n) is 3.54. The van der Waals surface area contributed by atoms with Gasteiger partial charge in [0.15, 0.2) is 0 Å². The number of nitrogens with zero attached hydrogens (tertiary/aromatic N) is 2. The molecule has 0 aromatic heterocycles. The van der Waals surface area contributed by atoms with E-state index in [-0.39, 0.29) is 17.7 Å². The summed E-state index contributed by atoms with van der Waals surface area (Å²) in [6.07, 6.45) is 1.76. The van der Waals surface area contributed by atoms with Crippen molar-refractivity contribution in [2.24, 2.45) is 5.92 Å². The van der Waals surface area contributed by atoms with Crippen molar-refractivity contribution in [3.05, 3.63) is 71.3 Å². The molecule has 2 aromatic carbocycles. The summed E-state index contributed by atoms with van der Waals surface area (Å²) in [6, 6.07) is 18.3. The maximum Gasteiger partial charge on any atom is 0.254 e. The number of hydrogen-bond acceptors (Lipinski definition) is 2. The second-order valence-corrected chi connectivity index (χ2v) is 7.41. The maximum atomic E-state index is 13.1. The first kappa shape index (κ1) is 19.2. The molecule has 0 unspecified atom stereocenters. The Labute approximate surface area is 161 Å². The number of piperazine rings is 1. The molecule has 1 heterocycles. The van der Waals surface area contributed by atoms with Gasteiger partial charge >= 0.3 is 0 Å². The van der Waals surface area contributed by atoms with Crippen molar-refractivity contribution in [3.8, 4) is 0 Å². The summed E-state index contributed by atoms with van der Waals surface area (Å²) in [4.78, 5) is 29.0. The van der Waals surface area contributed by atoms with Gasteiger partial charge in [-0.1, -0.05) is 62.4 Å². The molecule has 0 radical (unpaired) electrons. The van der Waals surface area contributed by atoms with Crippen LogP contribution in [-0.2, 0) is 17.6 Å². The molecule has 27 heavy (non-hydrogen) atoms. The smallest absolute Gasteiger partial charge is 0.254 e. The molecule has 1 saturated heterocycles. The minimum Gasteiger partial charge on any atom is -0.339 e. The monoisotopic (exact) mass is 364 g/mol. The zero-order valence-electron chi connectivity index (χ0n) is 16.2. The molecular formula is C23H28N2O2. The molecule has 0 bridgehead atoms. The van der Waals surface area contributed by atoms with Crippen molar-refractivity contribution in [3.63, 3.8) is 0 Å². The van der Waals surface area contributed by atoms with Gasteiger partial charge in [-0.15, -0.1) is 0 Å². The van der Waals surface area contributed by atoms with E-state index in [1.54, 1.807) is 0 Å². The highest BCUT2D eigenvalue weighted by molar-refractivity contribution is 5.96. The summed E-state index contributed by atoms with van der Waals surface area (Å²) in [5, 5.41) is 0. The van der Waals surface area contributed by atoms with Gasteiger partial charge < -0.3 is 9.80 Å². The van der Waals surface area contributed by atoms with Gasteiger partial charge in [-0.25, -0.2) is 0 Å². The third-order valence-corrected chi connectivity index (χ3v) is 5.15. The molecule has 0 spiro atoms. The molecule has 4 heteroatoms. The van der Waals surface area contributed by atoms with Crippen LogP contribution in [0.5, 0.6) is 0 Å². The molecule has 2 aromatic rings. The molecule has 1 fully saturated rings. The van der Waals surface area contributed by atoms with Gasteiger partial charge in [0.2, 0.25) is 5.91 Å². The quantitative estimate of drug-likeness (QED) is 0.816. The fourth-order valence-corrected chi connectivity index (χ4v) is 3.54. The van der Waals surface area contributed by atoms with Crippen molar-refractivity contribution in [2.45, 2.75) is 26.7 Å². The van der Waals surface area contributed by atoms with Gasteiger partial charge in [-0.3, -0.25) is 9.59 Å². The predicted octanol–water partition coefficient (Wildman–Crippen LogP) is 3.41. The van der Waals surface area contributed by atoms with E-state index in [2.05, 4.69) is 18.2 Å². The number of amides is 2. The highest BCUT2D eigenvalue weighted by Gasteiger charge is 2.26. The summed E-state index contributed by atoms with van der Waals surface area (Å²) in [7, 11) is 0. The van der Waals surface area contributed by atoms with Crippen LogP contribution >= 0.6 is 0 Å². The van der Waals surface area contributed by atoms with Crippen LogP contribution in [0.3, 0.4) is 0 Å². The molecule has 4 nitrogen and oxygen atoms in total. The summed E-state index contributed by atoms with van der Waals surface area (Å²) in [6.45, 7) is 6.28. The standard InChI is InChI=1S/C23H28N2O2/c1-18(2)22(26)24-14-16-25(17-15-24)23(27)21-11-7-6-10-20(21)13-12-19-8-4-3-5-9-19/h3-11,18H,12-17H2,1-2H3. The molecule has 0 saturated carbocycles. The Kier molecular flexibility index (Phi) is 6.28. The Morgan fingerprint density at radius 1 is 0.815 bits per heavy atom. The molecule has 2 amide bonds. The van der Waals surface area contributed by atoms with Gasteiger partial charge in [0.1, 0.15) is 0 Å². The lowest BCUT2D eigenvalue weighted by Gasteiger charge is -2.36. The Hall–Kier alpha value is -2.62. The number of rotatable bonds is 5. The van der Waals surface area contributed by atoms with E-state index >= 15 is 0 Å². The van der Waals surface area contributed by atoms with E-state index in [1.807, 2.05) is 60.0 Å². The van der Waals surface area contributed by atoms with Crippen molar-refractivity contribution in [2.75, 3.05) is 26.2 Å². The van der Waals surface area contributed by atoms with Crippen LogP contribution in [0.2, 0.25) is 0 Å². The second kappa shape index (κ2) is 8.85. The van der Waals surface area contributed by atoms with Crippen molar-refractivity contribution in [1.29, 1.82) is 0 Å². The summed E-state index contributed by atoms with van der Waals surface area (Å²) in [5.41, 5.74) is 3.16. The second-order valence-electron chi connectivity index (χ2n) is 7.41. The van der Waals surface area contributed by atoms with Crippen LogP contribution in [0, 0.1) is 5.92 Å². The molecule has 0 atom stereocenters. The highest BCUT2D eigenvalue weighted by Crippen LogP contribution is 2.17. The molecule has 0 N–H and O–H groups in total. The van der Waals surface area contributed by atoms with Crippen LogP contribution in [0.25, 0.3) is 0 Å². The SMILES string of the molecule is CC(C)C(=O)N1CCN(C(=O)c2ccccc2CCc2ccccc2)CC1. The number of hydrogen-bond donors (Lipinski definition) is 0. The lowest BCUT2D eigenvalue weighted by atomic mass is 9.99. The minimum absolute atomic E-state index is 0.00552. The van der Waals surface area contributed by atoms with Gasteiger partial charge in [0.25, 0.3) is 5.91 Å². The van der Waals surface area contributed by atoms with Crippen LogP contribution in [-0.4, -0.2) is 47.8 Å². The van der Waals surface area contributed by atoms with E-state index in [0.717, 1.165) is 24.0 Å². The summed E-state index contributed by atoms with van der Waals surface area (Å²) in [5.74, 6) is 0.256. The molecule has 0 aliphatic carbocycles. The zero-order valence-corrected chi connectivity index (χ0v) is 16.2. The van der Waals surface area contributed by atoms with Crippen LogP contribution in [0.1, 0.15) is 35.3 Å². The lowest BCUT2D eigenvalue weighted by molar-refractivity contribution is -0.135. The van der Waals surface area contributed by atoms with Gasteiger partial charge in [-0.2, -0.15) is 0 Å². The van der Waals surface area contributed by atoms with E-state index in [4.69, 9.17) is 0 Å². The van der Waals surface area contributed by atoms with Crippen LogP contribution in [0.4, 0.5) is 0 Å². The Morgan fingerprint density at radius 2 is 1.41 bits per heavy atom. The third-order valence-electron chi connectivity index (χ3n) is 5.15. The molecule has 1 aliphatic heterocycles. The van der Waals surface area contributed by atoms with Crippen molar-refractivity contribution in [1.82, 2.24) is 9.80 Å². The van der Waals surface area contributed by atoms with Gasteiger partial charge in [0, 0.05) is 37.7 Å². The van der Waals surface area contributed by atoms with E-state index in [9.17, 15) is 9.59 Å². The van der Waals surface area contributed by atoms with E-state index in [0.29, 0.717) is 26.2 Å². The molecule has 3 rings (SSSR count). The fraction of sp³-hybridized carbons (Fsp3) is 0.391. The number of benzene rings is 2. The van der Waals surface area contributed by atoms with E-state index < -0.39 is 0 Å². The largest absolute Gasteiger partial charge is 0.339 e. The number of carbonyl (C=O) groups is 2. The molecule has 142 valence electrons. The Morgan fingerprint density at radius 3 is 2.07 bits per heavy atom. The van der Waals surface area contributed by atoms with Gasteiger partial charge in [0.05, 0.1) is 0 Å². The first-order valence-corrected chi connectivity index (χ1v) is 9.76. The zero-order chi connectivity index (χ0) is 19.2. The molecular weight excluding hydrogens is 336 g/mol. The first-order chi connectivity index (χ1) is 13.1. The molecule has 1 aliphatic rings. The summed E-state index contributed by atoms with van der Waals surface area (Å²) < 4.78 is 0. The minimum atomic E-state index is 0.00552. The first-order valence-electron chi connectivity index (χ1n) is 9.76. The van der Waals surface area contributed by atoms with E-state index in [1.165, 1.54) is 5.56 Å².